The maximum absolute atomic E-state index is 11.9. The first kappa shape index (κ1) is 16.7. The molecule has 0 amide bonds. The maximum Gasteiger partial charge on any atom is 0.284 e. The summed E-state index contributed by atoms with van der Waals surface area (Å²) < 4.78 is 6.45. The van der Waals surface area contributed by atoms with Crippen LogP contribution in [0.1, 0.15) is 13.3 Å². The number of nitrogens with zero attached hydrogens (tertiary/aromatic N) is 2. The third-order valence-corrected chi connectivity index (χ3v) is 3.50. The largest absolute Gasteiger partial charge is 0.388 e. The van der Waals surface area contributed by atoms with Gasteiger partial charge in [-0.05, 0) is 22.9 Å². The minimum Gasteiger partial charge on any atom is -0.388 e. The van der Waals surface area contributed by atoms with E-state index in [4.69, 9.17) is 11.2 Å². The van der Waals surface area contributed by atoms with Gasteiger partial charge in [0.25, 0.3) is 5.56 Å². The fraction of sp³-hybridized carbons (Fsp3) is 0.538. The Balaban J connectivity index is 2.77. The lowest BCUT2D eigenvalue weighted by Gasteiger charge is -2.24. The molecule has 0 aliphatic heterocycles. The Hall–Kier alpha value is -1.36. The normalized spacial score (nSPS) is 13.6. The number of ether oxygens (including phenoxy) is 1. The lowest BCUT2D eigenvalue weighted by molar-refractivity contribution is 0.0357. The molecular weight excluding hydrogens is 326 g/mol. The van der Waals surface area contributed by atoms with E-state index in [0.717, 1.165) is 0 Å². The molecule has 0 spiro atoms. The Bertz CT molecular complexity index is 549. The predicted molar refractivity (Wildman–Crippen MR) is 80.6 cm³/mol. The molecule has 1 rings (SSSR count). The number of anilines is 1. The summed E-state index contributed by atoms with van der Waals surface area (Å²) in [5.41, 5.74) is -0.742. The second-order valence-corrected chi connectivity index (χ2v) is 5.43. The summed E-state index contributed by atoms with van der Waals surface area (Å²) in [6.07, 6.45) is 7.13. The van der Waals surface area contributed by atoms with E-state index in [1.54, 1.807) is 14.0 Å². The van der Waals surface area contributed by atoms with Gasteiger partial charge in [-0.15, -0.1) is 6.42 Å². The van der Waals surface area contributed by atoms with Gasteiger partial charge in [-0.3, -0.25) is 4.79 Å². The molecule has 0 saturated heterocycles. The molecule has 0 saturated carbocycles. The van der Waals surface area contributed by atoms with Crippen molar-refractivity contribution in [2.75, 3.05) is 25.6 Å². The highest BCUT2D eigenvalue weighted by Crippen LogP contribution is 2.18. The van der Waals surface area contributed by atoms with Crippen molar-refractivity contribution in [1.82, 2.24) is 9.78 Å². The van der Waals surface area contributed by atoms with Gasteiger partial charge in [0.05, 0.1) is 17.5 Å². The van der Waals surface area contributed by atoms with Gasteiger partial charge in [-0.1, -0.05) is 5.92 Å². The lowest BCUT2D eigenvalue weighted by Crippen LogP contribution is -2.35. The summed E-state index contributed by atoms with van der Waals surface area (Å²) >= 11 is 3.21. The molecule has 0 radical (unpaired) electrons. The molecule has 1 aromatic rings. The molecule has 0 bridgehead atoms. The molecule has 6 nitrogen and oxygen atoms in total. The maximum atomic E-state index is 11.9. The van der Waals surface area contributed by atoms with Gasteiger partial charge >= 0.3 is 0 Å². The first-order valence-corrected chi connectivity index (χ1v) is 6.85. The standard InChI is InChI=1S/C13H18BrN3O3/c1-4-6-17-12(18)11(14)10(8-16-17)15-9-13(2,19)5-7-20-3/h1,8,15,19H,5-7,9H2,2-3H3. The van der Waals surface area contributed by atoms with Gasteiger partial charge in [0, 0.05) is 26.7 Å². The number of methoxy groups -OCH3 is 1. The van der Waals surface area contributed by atoms with Crippen LogP contribution in [0.15, 0.2) is 15.5 Å². The van der Waals surface area contributed by atoms with Crippen LogP contribution in [0.3, 0.4) is 0 Å². The Morgan fingerprint density at radius 3 is 3.00 bits per heavy atom. The van der Waals surface area contributed by atoms with Crippen LogP contribution in [0, 0.1) is 12.3 Å². The Labute approximate surface area is 126 Å². The first-order chi connectivity index (χ1) is 9.41. The Morgan fingerprint density at radius 1 is 1.70 bits per heavy atom. The van der Waals surface area contributed by atoms with Crippen molar-refractivity contribution in [3.63, 3.8) is 0 Å². The summed E-state index contributed by atoms with van der Waals surface area (Å²) in [7, 11) is 1.58. The number of aliphatic hydroxyl groups is 1. The second-order valence-electron chi connectivity index (χ2n) is 4.63. The molecular formula is C13H18BrN3O3. The molecule has 1 atom stereocenters. The fourth-order valence-electron chi connectivity index (χ4n) is 1.48. The summed E-state index contributed by atoms with van der Waals surface area (Å²) in [5.74, 6) is 2.36. The number of halogens is 1. The Morgan fingerprint density at radius 2 is 2.40 bits per heavy atom. The third kappa shape index (κ3) is 4.63. The van der Waals surface area contributed by atoms with Gasteiger partial charge in [-0.2, -0.15) is 5.10 Å². The van der Waals surface area contributed by atoms with Crippen LogP contribution in [-0.4, -0.2) is 40.7 Å². The van der Waals surface area contributed by atoms with E-state index in [0.29, 0.717) is 23.2 Å². The van der Waals surface area contributed by atoms with Gasteiger partial charge in [0.2, 0.25) is 0 Å². The van der Waals surface area contributed by atoms with Gasteiger partial charge in [0.1, 0.15) is 11.0 Å². The minimum absolute atomic E-state index is 0.114. The van der Waals surface area contributed by atoms with Crippen LogP contribution in [0.4, 0.5) is 5.69 Å². The van der Waals surface area contributed by atoms with Gasteiger partial charge in [-0.25, -0.2) is 4.68 Å². The molecule has 20 heavy (non-hydrogen) atoms. The van der Waals surface area contributed by atoms with Crippen LogP contribution < -0.4 is 10.9 Å². The predicted octanol–water partition coefficient (Wildman–Crippen LogP) is 0.838. The zero-order chi connectivity index (χ0) is 15.2. The highest BCUT2D eigenvalue weighted by molar-refractivity contribution is 9.10. The second kappa shape index (κ2) is 7.43. The van der Waals surface area contributed by atoms with Crippen molar-refractivity contribution >= 4 is 21.6 Å². The topological polar surface area (TPSA) is 76.4 Å². The first-order valence-electron chi connectivity index (χ1n) is 6.05. The van der Waals surface area contributed by atoms with Crippen molar-refractivity contribution in [2.24, 2.45) is 0 Å². The zero-order valence-corrected chi connectivity index (χ0v) is 13.1. The molecule has 0 aliphatic rings. The Kier molecular flexibility index (Phi) is 6.20. The smallest absolute Gasteiger partial charge is 0.284 e. The molecule has 1 heterocycles. The monoisotopic (exact) mass is 343 g/mol. The van der Waals surface area contributed by atoms with E-state index in [2.05, 4.69) is 32.3 Å². The highest BCUT2D eigenvalue weighted by atomic mass is 79.9. The van der Waals surface area contributed by atoms with Crippen LogP contribution in [0.25, 0.3) is 0 Å². The molecule has 7 heteroatoms. The molecule has 110 valence electrons. The number of hydrogen-bond donors (Lipinski definition) is 2. The van der Waals surface area contributed by atoms with Crippen molar-refractivity contribution in [3.05, 3.63) is 21.0 Å². The summed E-state index contributed by atoms with van der Waals surface area (Å²) in [6, 6.07) is 0. The summed E-state index contributed by atoms with van der Waals surface area (Å²) in [6.45, 7) is 2.54. The number of nitrogens with one attached hydrogen (secondary N) is 1. The lowest BCUT2D eigenvalue weighted by atomic mass is 10.0. The van der Waals surface area contributed by atoms with Gasteiger partial charge < -0.3 is 15.2 Å². The van der Waals surface area contributed by atoms with Crippen molar-refractivity contribution < 1.29 is 9.84 Å². The number of hydrogen-bond acceptors (Lipinski definition) is 5. The van der Waals surface area contributed by atoms with Crippen molar-refractivity contribution in [1.29, 1.82) is 0 Å². The third-order valence-electron chi connectivity index (χ3n) is 2.73. The van der Waals surface area contributed by atoms with E-state index in [-0.39, 0.29) is 18.6 Å². The summed E-state index contributed by atoms with van der Waals surface area (Å²) in [4.78, 5) is 11.9. The average molecular weight is 344 g/mol. The molecule has 0 fully saturated rings. The molecule has 2 N–H and O–H groups in total. The fourth-order valence-corrected chi connectivity index (χ4v) is 1.93. The molecule has 0 aliphatic carbocycles. The number of rotatable bonds is 7. The number of terminal acetylenes is 1. The minimum atomic E-state index is -0.941. The van der Waals surface area contributed by atoms with E-state index >= 15 is 0 Å². The summed E-state index contributed by atoms with van der Waals surface area (Å²) in [5, 5.41) is 17.1. The molecule has 1 unspecified atom stereocenters. The van der Waals surface area contributed by atoms with Crippen molar-refractivity contribution in [2.45, 2.75) is 25.5 Å². The SMILES string of the molecule is C#CCn1ncc(NCC(C)(O)CCOC)c(Br)c1=O. The quantitative estimate of drug-likeness (QED) is 0.717. The van der Waals surface area contributed by atoms with Crippen LogP contribution >= 0.6 is 15.9 Å². The highest BCUT2D eigenvalue weighted by Gasteiger charge is 2.20. The molecule has 1 aromatic heterocycles. The number of aromatic nitrogens is 2. The van der Waals surface area contributed by atoms with E-state index in [9.17, 15) is 9.90 Å². The van der Waals surface area contributed by atoms with E-state index in [1.807, 2.05) is 0 Å². The van der Waals surface area contributed by atoms with Crippen LogP contribution in [-0.2, 0) is 11.3 Å². The van der Waals surface area contributed by atoms with E-state index in [1.165, 1.54) is 10.9 Å². The molecule has 0 aromatic carbocycles. The zero-order valence-electron chi connectivity index (χ0n) is 11.5. The van der Waals surface area contributed by atoms with Crippen LogP contribution in [0.2, 0.25) is 0 Å². The van der Waals surface area contributed by atoms with E-state index < -0.39 is 5.60 Å². The van der Waals surface area contributed by atoms with Crippen molar-refractivity contribution in [3.8, 4) is 12.3 Å². The van der Waals surface area contributed by atoms with Gasteiger partial charge in [0.15, 0.2) is 0 Å². The average Bonchev–Trinajstić information content (AvgIpc) is 2.41. The van der Waals surface area contributed by atoms with Crippen LogP contribution in [0.5, 0.6) is 0 Å².